The molecule has 6 atom stereocenters. The zero-order valence-electron chi connectivity index (χ0n) is 17.9. The zero-order valence-corrected chi connectivity index (χ0v) is 19.1. The Kier molecular flexibility index (Phi) is 7.31. The summed E-state index contributed by atoms with van der Waals surface area (Å²) >= 11 is 0. The highest BCUT2D eigenvalue weighted by Gasteiger charge is 2.37. The van der Waals surface area contributed by atoms with E-state index in [2.05, 4.69) is 33.5 Å². The summed E-state index contributed by atoms with van der Waals surface area (Å²) in [6.07, 6.45) is 8.89. The lowest BCUT2D eigenvalue weighted by molar-refractivity contribution is 0.0663. The van der Waals surface area contributed by atoms with E-state index in [4.69, 9.17) is 9.47 Å². The first-order valence-electron chi connectivity index (χ1n) is 11.5. The van der Waals surface area contributed by atoms with Crippen LogP contribution >= 0.6 is 9.24 Å². The van der Waals surface area contributed by atoms with Crippen LogP contribution in [0.25, 0.3) is 0 Å². The predicted molar refractivity (Wildman–Crippen MR) is 124 cm³/mol. The molecule has 2 aromatic carbocycles. The van der Waals surface area contributed by atoms with Gasteiger partial charge in [-0.05, 0) is 60.5 Å². The molecule has 0 radical (unpaired) electrons. The summed E-state index contributed by atoms with van der Waals surface area (Å²) in [4.78, 5) is 0. The minimum absolute atomic E-state index is 0.0367. The fraction of sp³-hybridized carbons (Fsp3) is 0.538. The van der Waals surface area contributed by atoms with Gasteiger partial charge >= 0.3 is 0 Å². The molecule has 0 aromatic heterocycles. The fourth-order valence-electron chi connectivity index (χ4n) is 5.34. The highest BCUT2D eigenvalue weighted by Crippen LogP contribution is 2.46. The van der Waals surface area contributed by atoms with Crippen LogP contribution in [0.3, 0.4) is 0 Å². The topological polar surface area (TPSA) is 18.5 Å². The third-order valence-corrected chi connectivity index (χ3v) is 7.33. The SMILES string of the molecule is CC(F)Oc1cccc(OC2c3ccccc3CCC2C2CCCCCC(P)C2)c1. The highest BCUT2D eigenvalue weighted by molar-refractivity contribution is 7.17. The molecular formula is C26H34FO2P. The maximum Gasteiger partial charge on any atom is 0.235 e. The molecule has 0 saturated heterocycles. The lowest BCUT2D eigenvalue weighted by Gasteiger charge is -2.40. The van der Waals surface area contributed by atoms with E-state index in [1.54, 1.807) is 6.07 Å². The van der Waals surface area contributed by atoms with Crippen LogP contribution in [-0.2, 0) is 6.42 Å². The van der Waals surface area contributed by atoms with Gasteiger partial charge in [-0.3, -0.25) is 0 Å². The van der Waals surface area contributed by atoms with Gasteiger partial charge in [-0.1, -0.05) is 56.0 Å². The number of fused-ring (bicyclic) bond motifs is 1. The summed E-state index contributed by atoms with van der Waals surface area (Å²) in [6.45, 7) is 1.40. The normalized spacial score (nSPS) is 28.0. The molecule has 30 heavy (non-hydrogen) atoms. The highest BCUT2D eigenvalue weighted by atomic mass is 31.0. The Morgan fingerprint density at radius 2 is 1.77 bits per heavy atom. The Labute approximate surface area is 182 Å². The third-order valence-electron chi connectivity index (χ3n) is 6.73. The van der Waals surface area contributed by atoms with E-state index in [0.29, 0.717) is 23.2 Å². The van der Waals surface area contributed by atoms with Crippen LogP contribution in [0.5, 0.6) is 11.5 Å². The van der Waals surface area contributed by atoms with Crippen molar-refractivity contribution >= 4 is 9.24 Å². The summed E-state index contributed by atoms with van der Waals surface area (Å²) in [5.41, 5.74) is 3.42. The molecule has 1 saturated carbocycles. The first-order chi connectivity index (χ1) is 14.6. The number of benzene rings is 2. The molecule has 0 aliphatic heterocycles. The molecule has 4 heteroatoms. The van der Waals surface area contributed by atoms with E-state index >= 15 is 0 Å². The van der Waals surface area contributed by atoms with E-state index in [1.165, 1.54) is 63.0 Å². The molecule has 2 aromatic rings. The van der Waals surface area contributed by atoms with Crippen molar-refractivity contribution in [1.29, 1.82) is 0 Å². The van der Waals surface area contributed by atoms with E-state index in [-0.39, 0.29) is 6.10 Å². The van der Waals surface area contributed by atoms with Crippen molar-refractivity contribution in [3.8, 4) is 11.5 Å². The second-order valence-electron chi connectivity index (χ2n) is 8.97. The Morgan fingerprint density at radius 3 is 2.63 bits per heavy atom. The largest absolute Gasteiger partial charge is 0.485 e. The summed E-state index contributed by atoms with van der Waals surface area (Å²) in [5, 5.41) is 0. The fourth-order valence-corrected chi connectivity index (χ4v) is 5.92. The van der Waals surface area contributed by atoms with Crippen LogP contribution in [0.4, 0.5) is 4.39 Å². The second kappa shape index (κ2) is 10.1. The van der Waals surface area contributed by atoms with Gasteiger partial charge in [0.05, 0.1) is 0 Å². The van der Waals surface area contributed by atoms with Gasteiger partial charge in [-0.15, -0.1) is 9.24 Å². The standard InChI is InChI=1S/C26H34FO2P/c1-18(27)28-21-10-7-11-22(17-21)29-26-24-13-6-5-8-19(24)14-15-25(26)20-9-3-2-4-12-23(30)16-20/h5-8,10-11,13,17-18,20,23,25-26H,2-4,9,12,14-16,30H2,1H3. The van der Waals surface area contributed by atoms with E-state index in [1.807, 2.05) is 18.2 Å². The molecule has 2 aliphatic rings. The molecule has 0 bridgehead atoms. The van der Waals surface area contributed by atoms with Gasteiger partial charge < -0.3 is 9.47 Å². The van der Waals surface area contributed by atoms with Crippen LogP contribution < -0.4 is 9.47 Å². The molecule has 162 valence electrons. The average molecular weight is 429 g/mol. The number of aryl methyl sites for hydroxylation is 1. The van der Waals surface area contributed by atoms with Gasteiger partial charge in [0.2, 0.25) is 6.36 Å². The van der Waals surface area contributed by atoms with Crippen LogP contribution in [-0.4, -0.2) is 12.0 Å². The van der Waals surface area contributed by atoms with E-state index in [0.717, 1.165) is 12.2 Å². The first-order valence-corrected chi connectivity index (χ1v) is 12.2. The molecule has 2 nitrogen and oxygen atoms in total. The third kappa shape index (κ3) is 5.35. The van der Waals surface area contributed by atoms with Crippen molar-refractivity contribution < 1.29 is 13.9 Å². The lowest BCUT2D eigenvalue weighted by atomic mass is 9.71. The summed E-state index contributed by atoms with van der Waals surface area (Å²) < 4.78 is 25.2. The number of ether oxygens (including phenoxy) is 2. The monoisotopic (exact) mass is 428 g/mol. The van der Waals surface area contributed by atoms with Crippen molar-refractivity contribution in [3.63, 3.8) is 0 Å². The molecule has 1 fully saturated rings. The summed E-state index contributed by atoms with van der Waals surface area (Å²) in [6, 6.07) is 16.2. The molecule has 2 aliphatic carbocycles. The Hall–Kier alpha value is -1.60. The predicted octanol–water partition coefficient (Wildman–Crippen LogP) is 7.28. The van der Waals surface area contributed by atoms with Gasteiger partial charge in [-0.25, -0.2) is 4.39 Å². The number of halogens is 1. The van der Waals surface area contributed by atoms with Gasteiger partial charge in [0.15, 0.2) is 0 Å². The molecule has 0 heterocycles. The van der Waals surface area contributed by atoms with Crippen molar-refractivity contribution in [2.45, 2.75) is 76.4 Å². The van der Waals surface area contributed by atoms with E-state index in [9.17, 15) is 4.39 Å². The Morgan fingerprint density at radius 1 is 0.967 bits per heavy atom. The van der Waals surface area contributed by atoms with Crippen LogP contribution in [0.15, 0.2) is 48.5 Å². The second-order valence-corrected chi connectivity index (χ2v) is 9.91. The smallest absolute Gasteiger partial charge is 0.235 e. The summed E-state index contributed by atoms with van der Waals surface area (Å²) in [5.74, 6) is 2.45. The quantitative estimate of drug-likeness (QED) is 0.466. The van der Waals surface area contributed by atoms with Gasteiger partial charge in [-0.2, -0.15) is 0 Å². The number of hydrogen-bond donors (Lipinski definition) is 0. The van der Waals surface area contributed by atoms with Crippen molar-refractivity contribution in [1.82, 2.24) is 0 Å². The Bertz CT molecular complexity index is 824. The number of rotatable bonds is 5. The number of alkyl halides is 1. The maximum absolute atomic E-state index is 13.3. The number of hydrogen-bond acceptors (Lipinski definition) is 2. The first kappa shape index (κ1) is 21.6. The maximum atomic E-state index is 13.3. The molecule has 0 N–H and O–H groups in total. The zero-order chi connectivity index (χ0) is 20.9. The lowest BCUT2D eigenvalue weighted by Crippen LogP contribution is -2.32. The Balaban J connectivity index is 1.62. The van der Waals surface area contributed by atoms with Gasteiger partial charge in [0, 0.05) is 18.9 Å². The molecule has 4 rings (SSSR count). The molecular weight excluding hydrogens is 394 g/mol. The van der Waals surface area contributed by atoms with Crippen LogP contribution in [0.1, 0.15) is 69.1 Å². The van der Waals surface area contributed by atoms with Crippen molar-refractivity contribution in [2.24, 2.45) is 11.8 Å². The van der Waals surface area contributed by atoms with Gasteiger partial charge in [0.25, 0.3) is 0 Å². The average Bonchev–Trinajstić information content (AvgIpc) is 2.71. The van der Waals surface area contributed by atoms with Gasteiger partial charge in [0.1, 0.15) is 17.6 Å². The van der Waals surface area contributed by atoms with Crippen LogP contribution in [0.2, 0.25) is 0 Å². The molecule has 0 amide bonds. The summed E-state index contributed by atoms with van der Waals surface area (Å²) in [7, 11) is 3.09. The van der Waals surface area contributed by atoms with E-state index < -0.39 is 6.36 Å². The molecule has 0 spiro atoms. The van der Waals surface area contributed by atoms with Crippen molar-refractivity contribution in [3.05, 3.63) is 59.7 Å². The van der Waals surface area contributed by atoms with Crippen LogP contribution in [0, 0.1) is 11.8 Å². The minimum Gasteiger partial charge on any atom is -0.485 e. The molecule has 6 unspecified atom stereocenters. The minimum atomic E-state index is -1.34. The van der Waals surface area contributed by atoms with Crippen molar-refractivity contribution in [2.75, 3.05) is 0 Å².